The minimum atomic E-state index is -0.967. The van der Waals surface area contributed by atoms with Gasteiger partial charge in [0, 0.05) is 0 Å². The van der Waals surface area contributed by atoms with E-state index in [4.69, 9.17) is 5.11 Å². The predicted molar refractivity (Wildman–Crippen MR) is 61.9 cm³/mol. The van der Waals surface area contributed by atoms with E-state index in [0.717, 1.165) is 12.8 Å². The van der Waals surface area contributed by atoms with Gasteiger partial charge in [0.05, 0.1) is 11.4 Å². The van der Waals surface area contributed by atoms with Crippen LogP contribution in [0.4, 0.5) is 0 Å². The Morgan fingerprint density at radius 3 is 2.29 bits per heavy atom. The van der Waals surface area contributed by atoms with Gasteiger partial charge in [0.2, 0.25) is 0 Å². The van der Waals surface area contributed by atoms with Crippen LogP contribution >= 0.6 is 12.4 Å². The highest BCUT2D eigenvalue weighted by Crippen LogP contribution is 2.34. The Kier molecular flexibility index (Phi) is 8.26. The van der Waals surface area contributed by atoms with Crippen molar-refractivity contribution in [2.24, 2.45) is 0 Å². The zero-order valence-corrected chi connectivity index (χ0v) is 9.93. The Bertz CT molecular complexity index is 177. The summed E-state index contributed by atoms with van der Waals surface area (Å²) in [7, 11) is 1.62. The molecule has 14 heavy (non-hydrogen) atoms. The monoisotopic (exact) mass is 222 g/mol. The Hall–Kier alpha value is -0.215. The molecule has 0 aliphatic rings. The van der Waals surface area contributed by atoms with Crippen molar-refractivity contribution in [3.05, 3.63) is 0 Å². The molecule has 84 valence electrons. The number of carbonyl (C=O) groups is 1. The van der Waals surface area contributed by atoms with Crippen LogP contribution in [0.15, 0.2) is 0 Å². The average Bonchev–Trinajstić information content (AvgIpc) is 2.12. The second kappa shape index (κ2) is 7.13. The molecule has 0 amide bonds. The molecule has 2 atom stereocenters. The summed E-state index contributed by atoms with van der Waals surface area (Å²) in [5.41, 5.74) is 0. The van der Waals surface area contributed by atoms with Crippen molar-refractivity contribution < 1.29 is 15.0 Å². The van der Waals surface area contributed by atoms with Gasteiger partial charge in [-0.2, -0.15) is 0 Å². The van der Waals surface area contributed by atoms with Crippen molar-refractivity contribution >= 4 is 26.2 Å². The van der Waals surface area contributed by atoms with E-state index < -0.39 is 17.4 Å². The molecule has 0 bridgehead atoms. The van der Waals surface area contributed by atoms with E-state index in [1.54, 1.807) is 14.8 Å². The molecular formula is C9H20BClO3. The van der Waals surface area contributed by atoms with Gasteiger partial charge in [0.25, 0.3) is 0 Å². The topological polar surface area (TPSA) is 57.5 Å². The molecule has 0 saturated carbocycles. The lowest BCUT2D eigenvalue weighted by molar-refractivity contribution is -0.144. The van der Waals surface area contributed by atoms with E-state index in [0.29, 0.717) is 12.8 Å². The number of aliphatic hydroxyl groups excluding tert-OH is 1. The summed E-state index contributed by atoms with van der Waals surface area (Å²) >= 11 is 0. The van der Waals surface area contributed by atoms with E-state index >= 15 is 0 Å². The number of aliphatic carboxylic acids is 1. The molecule has 0 heterocycles. The van der Waals surface area contributed by atoms with E-state index in [2.05, 4.69) is 0 Å². The fourth-order valence-corrected chi connectivity index (χ4v) is 1.41. The summed E-state index contributed by atoms with van der Waals surface area (Å²) in [4.78, 5) is 11.0. The molecule has 0 aliphatic carbocycles. The molecule has 0 saturated heterocycles. The normalized spacial score (nSPS) is 16.5. The molecule has 0 fully saturated rings. The van der Waals surface area contributed by atoms with Crippen molar-refractivity contribution in [3.63, 3.8) is 0 Å². The Morgan fingerprint density at radius 2 is 2.00 bits per heavy atom. The number of carboxylic acid groups (broad SMARTS) is 1. The first-order valence-corrected chi connectivity index (χ1v) is 4.90. The Labute approximate surface area is 92.7 Å². The van der Waals surface area contributed by atoms with E-state index in [1.165, 1.54) is 0 Å². The summed E-state index contributed by atoms with van der Waals surface area (Å²) in [6.07, 6.45) is 2.11. The van der Waals surface area contributed by atoms with Crippen LogP contribution in [0.25, 0.3) is 0 Å². The van der Waals surface area contributed by atoms with Crippen molar-refractivity contribution in [2.75, 3.05) is 0 Å². The van der Waals surface area contributed by atoms with Gasteiger partial charge >= 0.3 is 5.97 Å². The molecule has 2 unspecified atom stereocenters. The standard InChI is InChI=1S/C9H19BO3.ClH/c1-3-5-6-9(10,8(12)13)7(11)4-2;/h7,11H,3-6,10H2,1-2H3,(H,12,13);1H. The molecule has 2 N–H and O–H groups in total. The molecule has 0 rings (SSSR count). The molecule has 0 radical (unpaired) electrons. The van der Waals surface area contributed by atoms with Crippen LogP contribution in [0.5, 0.6) is 0 Å². The van der Waals surface area contributed by atoms with Crippen molar-refractivity contribution in [2.45, 2.75) is 50.9 Å². The number of aliphatic hydroxyl groups is 1. The first kappa shape index (κ1) is 16.2. The van der Waals surface area contributed by atoms with E-state index in [-0.39, 0.29) is 12.4 Å². The lowest BCUT2D eigenvalue weighted by Gasteiger charge is -2.29. The average molecular weight is 223 g/mol. The first-order chi connectivity index (χ1) is 5.99. The highest BCUT2D eigenvalue weighted by atomic mass is 35.5. The lowest BCUT2D eigenvalue weighted by atomic mass is 9.61. The Morgan fingerprint density at radius 1 is 1.50 bits per heavy atom. The van der Waals surface area contributed by atoms with Gasteiger partial charge in [-0.3, -0.25) is 4.79 Å². The summed E-state index contributed by atoms with van der Waals surface area (Å²) < 4.78 is 0. The van der Waals surface area contributed by atoms with E-state index in [9.17, 15) is 9.90 Å². The minimum Gasteiger partial charge on any atom is -0.481 e. The van der Waals surface area contributed by atoms with Gasteiger partial charge in [-0.1, -0.05) is 26.7 Å². The molecule has 0 aromatic carbocycles. The van der Waals surface area contributed by atoms with Gasteiger partial charge in [0.15, 0.2) is 0 Å². The van der Waals surface area contributed by atoms with Gasteiger partial charge < -0.3 is 10.2 Å². The molecule has 0 aromatic rings. The maximum atomic E-state index is 11.0. The summed E-state index contributed by atoms with van der Waals surface area (Å²) in [6.45, 7) is 3.82. The molecule has 0 aliphatic heterocycles. The predicted octanol–water partition coefficient (Wildman–Crippen LogP) is 1.25. The second-order valence-corrected chi connectivity index (χ2v) is 3.75. The molecule has 5 heteroatoms. The van der Waals surface area contributed by atoms with Crippen LogP contribution < -0.4 is 0 Å². The molecule has 0 spiro atoms. The molecule has 3 nitrogen and oxygen atoms in total. The van der Waals surface area contributed by atoms with Crippen molar-refractivity contribution in [1.82, 2.24) is 0 Å². The number of rotatable bonds is 6. The third-order valence-corrected chi connectivity index (χ3v) is 2.66. The lowest BCUT2D eigenvalue weighted by Crippen LogP contribution is -2.36. The fraction of sp³-hybridized carbons (Fsp3) is 0.889. The number of hydrogen-bond donors (Lipinski definition) is 2. The SMILES string of the molecule is BC(CCCC)(C(=O)O)C(O)CC.Cl. The molecule has 0 aromatic heterocycles. The smallest absolute Gasteiger partial charge is 0.303 e. The van der Waals surface area contributed by atoms with Crippen molar-refractivity contribution in [3.8, 4) is 0 Å². The third kappa shape index (κ3) is 3.88. The maximum Gasteiger partial charge on any atom is 0.303 e. The van der Waals surface area contributed by atoms with Gasteiger partial charge in [0.1, 0.15) is 7.85 Å². The maximum absolute atomic E-state index is 11.0. The number of hydrogen-bond acceptors (Lipinski definition) is 2. The number of unbranched alkanes of at least 4 members (excludes halogenated alkanes) is 1. The largest absolute Gasteiger partial charge is 0.481 e. The molecular weight excluding hydrogens is 202 g/mol. The summed E-state index contributed by atoms with van der Waals surface area (Å²) in [5.74, 6) is -0.893. The van der Waals surface area contributed by atoms with Gasteiger partial charge in [-0.25, -0.2) is 0 Å². The van der Waals surface area contributed by atoms with Gasteiger partial charge in [-0.15, -0.1) is 12.4 Å². The third-order valence-electron chi connectivity index (χ3n) is 2.66. The fourth-order valence-electron chi connectivity index (χ4n) is 1.41. The van der Waals surface area contributed by atoms with Crippen LogP contribution in [0, 0.1) is 0 Å². The minimum absolute atomic E-state index is 0. The van der Waals surface area contributed by atoms with Crippen LogP contribution in [0.1, 0.15) is 39.5 Å². The summed E-state index contributed by atoms with van der Waals surface area (Å²) in [6, 6.07) is 0. The van der Waals surface area contributed by atoms with Crippen LogP contribution in [0.2, 0.25) is 5.31 Å². The Balaban J connectivity index is 0. The zero-order valence-electron chi connectivity index (χ0n) is 9.12. The first-order valence-electron chi connectivity index (χ1n) is 4.90. The number of halogens is 1. The van der Waals surface area contributed by atoms with E-state index in [1.807, 2.05) is 6.92 Å². The van der Waals surface area contributed by atoms with Crippen LogP contribution in [0.3, 0.4) is 0 Å². The highest BCUT2D eigenvalue weighted by Gasteiger charge is 2.38. The number of carboxylic acids is 1. The summed E-state index contributed by atoms with van der Waals surface area (Å²) in [5, 5.41) is 17.6. The quantitative estimate of drug-likeness (QED) is 0.665. The van der Waals surface area contributed by atoms with Crippen LogP contribution in [-0.2, 0) is 4.79 Å². The van der Waals surface area contributed by atoms with Gasteiger partial charge in [-0.05, 0) is 12.8 Å². The highest BCUT2D eigenvalue weighted by molar-refractivity contribution is 6.27. The van der Waals surface area contributed by atoms with Crippen LogP contribution in [-0.4, -0.2) is 30.1 Å². The zero-order chi connectivity index (χ0) is 10.5. The second-order valence-electron chi connectivity index (χ2n) is 3.75. The van der Waals surface area contributed by atoms with Crippen molar-refractivity contribution in [1.29, 1.82) is 0 Å².